The van der Waals surface area contributed by atoms with Crippen LogP contribution in [0.4, 0.5) is 0 Å². The zero-order valence-corrected chi connectivity index (χ0v) is 52.1. The maximum atomic E-state index is 2.37. The van der Waals surface area contributed by atoms with Gasteiger partial charge in [0.2, 0.25) is 0 Å². The van der Waals surface area contributed by atoms with Crippen LogP contribution in [-0.4, -0.2) is 0 Å². The first-order valence-corrected chi connectivity index (χ1v) is 29.3. The van der Waals surface area contributed by atoms with Gasteiger partial charge in [-0.1, -0.05) is 294 Å². The highest BCUT2D eigenvalue weighted by atomic mass is 14.3. The molecule has 6 saturated carbocycles. The SMILES string of the molecule is CC.CC.CC.CC.CC.CC.CC.CC.CC.CC.CC.CC.CC1CC(C)C1.CC1CC1C.CC1CCC(C)CC1.CC1CCCC(C)C1.C[C@@H]1C[C@@H]1C.C[C@H]1C[C@@H]1C. The van der Waals surface area contributed by atoms with Crippen LogP contribution in [0.5, 0.6) is 0 Å². The van der Waals surface area contributed by atoms with Crippen molar-refractivity contribution in [1.82, 2.24) is 0 Å². The van der Waals surface area contributed by atoms with E-state index in [2.05, 4.69) is 83.1 Å². The van der Waals surface area contributed by atoms with Crippen LogP contribution in [0.3, 0.4) is 0 Å². The number of rotatable bonds is 0. The Morgan fingerprint density at radius 1 is 0.164 bits per heavy atom. The molecule has 0 aliphatic heterocycles. The van der Waals surface area contributed by atoms with Crippen molar-refractivity contribution in [2.75, 3.05) is 0 Å². The van der Waals surface area contributed by atoms with Crippen molar-refractivity contribution in [2.45, 2.75) is 333 Å². The molecule has 4 unspecified atom stereocenters. The Bertz CT molecular complexity index is 461. The zero-order chi connectivity index (χ0) is 52.1. The molecule has 390 valence electrons. The average molecular weight is 880 g/mol. The summed E-state index contributed by atoms with van der Waals surface area (Å²) in [6.07, 6.45) is 19.2. The summed E-state index contributed by atoms with van der Waals surface area (Å²) in [5.74, 6) is 12.5. The van der Waals surface area contributed by atoms with Crippen LogP contribution >= 0.6 is 0 Å². The number of hydrogen-bond acceptors (Lipinski definition) is 0. The first kappa shape index (κ1) is 91.5. The highest BCUT2D eigenvalue weighted by Gasteiger charge is 2.27. The lowest BCUT2D eigenvalue weighted by atomic mass is 9.78. The molecule has 0 bridgehead atoms. The molecule has 0 N–H and O–H groups in total. The van der Waals surface area contributed by atoms with Crippen molar-refractivity contribution in [3.05, 3.63) is 0 Å². The normalized spacial score (nSPS) is 28.1. The van der Waals surface area contributed by atoms with Gasteiger partial charge in [0.25, 0.3) is 0 Å². The monoisotopic (exact) mass is 879 g/mol. The summed E-state index contributed by atoms with van der Waals surface area (Å²) in [6.45, 7) is 75.9. The Hall–Kier alpha value is 0. The molecule has 0 radical (unpaired) electrons. The highest BCUT2D eigenvalue weighted by Crippen LogP contribution is 2.37. The minimum absolute atomic E-state index is 1.01. The third-order valence-electron chi connectivity index (χ3n) is 10.6. The molecule has 0 spiro atoms. The van der Waals surface area contributed by atoms with E-state index in [4.69, 9.17) is 0 Å². The van der Waals surface area contributed by atoms with E-state index in [9.17, 15) is 0 Å². The molecule has 0 aromatic rings. The summed E-state index contributed by atoms with van der Waals surface area (Å²) in [7, 11) is 0. The molecule has 6 aliphatic rings. The Kier molecular flexibility index (Phi) is 130. The quantitative estimate of drug-likeness (QED) is 0.227. The van der Waals surface area contributed by atoms with Crippen LogP contribution in [0.25, 0.3) is 0 Å². The minimum Gasteiger partial charge on any atom is -0.0683 e. The lowest BCUT2D eigenvalue weighted by Crippen LogP contribution is -2.16. The van der Waals surface area contributed by atoms with Crippen molar-refractivity contribution in [3.8, 4) is 0 Å². The van der Waals surface area contributed by atoms with E-state index in [-0.39, 0.29) is 0 Å². The van der Waals surface area contributed by atoms with E-state index in [0.29, 0.717) is 0 Å². The fourth-order valence-electron chi connectivity index (χ4n) is 5.99. The molecule has 0 aromatic carbocycles. The van der Waals surface area contributed by atoms with Gasteiger partial charge in [-0.2, -0.15) is 0 Å². The first-order chi connectivity index (χ1) is 29.3. The summed E-state index contributed by atoms with van der Waals surface area (Å²) in [4.78, 5) is 0. The first-order valence-electron chi connectivity index (χ1n) is 29.3. The van der Waals surface area contributed by atoms with Crippen LogP contribution in [0, 0.1) is 71.0 Å². The Morgan fingerprint density at radius 2 is 0.295 bits per heavy atom. The van der Waals surface area contributed by atoms with E-state index in [0.717, 1.165) is 71.0 Å². The van der Waals surface area contributed by atoms with Crippen LogP contribution in [0.15, 0.2) is 0 Å². The molecule has 0 heteroatoms. The zero-order valence-electron chi connectivity index (χ0n) is 52.1. The second kappa shape index (κ2) is 87.0. The van der Waals surface area contributed by atoms with Gasteiger partial charge in [0.05, 0.1) is 0 Å². The van der Waals surface area contributed by atoms with Gasteiger partial charge in [0.15, 0.2) is 0 Å². The molecule has 6 aliphatic carbocycles. The van der Waals surface area contributed by atoms with Gasteiger partial charge in [-0.3, -0.25) is 0 Å². The largest absolute Gasteiger partial charge is 0.0683 e. The lowest BCUT2D eigenvalue weighted by Gasteiger charge is -2.28. The van der Waals surface area contributed by atoms with E-state index in [1.54, 1.807) is 0 Å². The van der Waals surface area contributed by atoms with E-state index in [1.807, 2.05) is 166 Å². The predicted octanol–water partition coefficient (Wildman–Crippen LogP) is 25.0. The van der Waals surface area contributed by atoms with Crippen molar-refractivity contribution >= 4 is 0 Å². The summed E-state index contributed by atoms with van der Waals surface area (Å²) in [5, 5.41) is 0. The molecule has 6 fully saturated rings. The van der Waals surface area contributed by atoms with Gasteiger partial charge >= 0.3 is 0 Å². The van der Waals surface area contributed by atoms with Gasteiger partial charge in [-0.05, 0) is 110 Å². The summed E-state index contributed by atoms with van der Waals surface area (Å²) in [5.41, 5.74) is 0. The molecule has 0 aromatic heterocycles. The van der Waals surface area contributed by atoms with Crippen molar-refractivity contribution in [3.63, 3.8) is 0 Å². The van der Waals surface area contributed by atoms with E-state index < -0.39 is 0 Å². The van der Waals surface area contributed by atoms with Gasteiger partial charge in [-0.25, -0.2) is 0 Å². The third kappa shape index (κ3) is 95.4. The second-order valence-electron chi connectivity index (χ2n) is 16.0. The van der Waals surface area contributed by atoms with Crippen LogP contribution < -0.4 is 0 Å². The van der Waals surface area contributed by atoms with Crippen molar-refractivity contribution in [1.29, 1.82) is 0 Å². The minimum atomic E-state index is 1.01. The molecule has 0 heterocycles. The molecule has 0 amide bonds. The summed E-state index contributed by atoms with van der Waals surface area (Å²) in [6, 6.07) is 0. The maximum absolute atomic E-state index is 2.37. The van der Waals surface area contributed by atoms with Gasteiger partial charge in [0, 0.05) is 0 Å². The van der Waals surface area contributed by atoms with Crippen LogP contribution in [0.2, 0.25) is 0 Å². The van der Waals surface area contributed by atoms with Crippen molar-refractivity contribution in [2.24, 2.45) is 71.0 Å². The lowest BCUT2D eigenvalue weighted by molar-refractivity contribution is 0.233. The van der Waals surface area contributed by atoms with E-state index >= 15 is 0 Å². The van der Waals surface area contributed by atoms with Gasteiger partial charge in [0.1, 0.15) is 0 Å². The molecule has 61 heavy (non-hydrogen) atoms. The topological polar surface area (TPSA) is 0 Å². The summed E-state index contributed by atoms with van der Waals surface area (Å²) < 4.78 is 0. The Balaban J connectivity index is -0.0000000432. The molecular formula is C61H146. The Morgan fingerprint density at radius 3 is 0.361 bits per heavy atom. The standard InChI is InChI=1S/2C8H16.C6H12.3C5H10.12C2H6/c1-7-3-5-8(2)6-4-7;1-7-4-3-5-8(2)6-7;1-5-3-6(2)4-5;3*1-4-3-5(4)2;12*1-2/h2*7-8H,3-6H2,1-2H3;5-6H,3-4H2,1-2H3;3*4-5H,3H2,1-2H3;12*1-2H3/t;;;4-,5+;4-,5-;;;;;;;;;;;;;/m....0............./s1. The molecule has 0 saturated heterocycles. The van der Waals surface area contributed by atoms with Crippen LogP contribution in [-0.2, 0) is 0 Å². The molecule has 0 nitrogen and oxygen atoms in total. The predicted molar refractivity (Wildman–Crippen MR) is 306 cm³/mol. The average Bonchev–Trinajstić information content (AvgIpc) is 4.30. The van der Waals surface area contributed by atoms with Gasteiger partial charge in [-0.15, -0.1) is 0 Å². The smallest absolute Gasteiger partial charge is 0.0414 e. The van der Waals surface area contributed by atoms with Crippen LogP contribution in [0.1, 0.15) is 333 Å². The van der Waals surface area contributed by atoms with Gasteiger partial charge < -0.3 is 0 Å². The number of hydrogen-bond donors (Lipinski definition) is 0. The molecule has 6 rings (SSSR count). The molecular weight excluding hydrogens is 733 g/mol. The maximum Gasteiger partial charge on any atom is -0.0414 e. The third-order valence-corrected chi connectivity index (χ3v) is 10.6. The second-order valence-corrected chi connectivity index (χ2v) is 16.0. The van der Waals surface area contributed by atoms with Crippen molar-refractivity contribution < 1.29 is 0 Å². The highest BCUT2D eigenvalue weighted by molar-refractivity contribution is 4.78. The molecule has 8 atom stereocenters. The fourth-order valence-corrected chi connectivity index (χ4v) is 5.99. The summed E-state index contributed by atoms with van der Waals surface area (Å²) >= 11 is 0. The van der Waals surface area contributed by atoms with E-state index in [1.165, 1.54) is 83.5 Å². The fraction of sp³-hybridized carbons (Fsp3) is 1.00. The Labute approximate surface area is 402 Å².